The van der Waals surface area contributed by atoms with Gasteiger partial charge in [0.15, 0.2) is 0 Å². The molecule has 0 spiro atoms. The highest BCUT2D eigenvalue weighted by Gasteiger charge is 2.13. The van der Waals surface area contributed by atoms with Crippen LogP contribution >= 0.6 is 0 Å². The molecule has 0 radical (unpaired) electrons. The molecule has 2 aromatic rings. The highest BCUT2D eigenvalue weighted by Crippen LogP contribution is 2.13. The van der Waals surface area contributed by atoms with E-state index < -0.39 is 0 Å². The molecule has 0 aliphatic heterocycles. The summed E-state index contributed by atoms with van der Waals surface area (Å²) < 4.78 is 10.1. The maximum absolute atomic E-state index is 5.82. The van der Waals surface area contributed by atoms with E-state index in [0.29, 0.717) is 30.4 Å². The van der Waals surface area contributed by atoms with Crippen molar-refractivity contribution in [1.29, 1.82) is 0 Å². The van der Waals surface area contributed by atoms with E-state index in [2.05, 4.69) is 15.1 Å². The average molecular weight is 248 g/mol. The number of hydrogen-bond donors (Lipinski definition) is 1. The number of methoxy groups -OCH3 is 1. The number of ether oxygens (including phenoxy) is 1. The Labute approximate surface area is 105 Å². The Morgan fingerprint density at radius 3 is 2.94 bits per heavy atom. The van der Waals surface area contributed by atoms with E-state index in [0.717, 1.165) is 5.69 Å². The van der Waals surface area contributed by atoms with Gasteiger partial charge in [-0.05, 0) is 19.1 Å². The zero-order valence-electron chi connectivity index (χ0n) is 10.5. The summed E-state index contributed by atoms with van der Waals surface area (Å²) in [6.07, 6.45) is 0.493. The molecule has 0 fully saturated rings. The average Bonchev–Trinajstić information content (AvgIpc) is 2.78. The van der Waals surface area contributed by atoms with Gasteiger partial charge >= 0.3 is 0 Å². The zero-order valence-corrected chi connectivity index (χ0v) is 10.5. The predicted octanol–water partition coefficient (Wildman–Crippen LogP) is 0.956. The van der Waals surface area contributed by atoms with Crippen LogP contribution in [-0.4, -0.2) is 34.9 Å². The number of pyridine rings is 1. The van der Waals surface area contributed by atoms with Gasteiger partial charge in [-0.25, -0.2) is 4.98 Å². The molecule has 2 heterocycles. The van der Waals surface area contributed by atoms with Gasteiger partial charge in [-0.1, -0.05) is 11.2 Å². The Morgan fingerprint density at radius 1 is 1.39 bits per heavy atom. The number of aryl methyl sites for hydroxylation is 1. The molecular formula is C12H16N4O2. The lowest BCUT2D eigenvalue weighted by molar-refractivity contribution is 0.176. The molecule has 0 aliphatic rings. The molecule has 2 N–H and O–H groups in total. The lowest BCUT2D eigenvalue weighted by Gasteiger charge is -2.05. The van der Waals surface area contributed by atoms with E-state index in [-0.39, 0.29) is 6.04 Å². The van der Waals surface area contributed by atoms with Gasteiger partial charge in [-0.15, -0.1) is 0 Å². The van der Waals surface area contributed by atoms with Crippen LogP contribution < -0.4 is 5.73 Å². The number of aromatic nitrogens is 3. The van der Waals surface area contributed by atoms with Crippen LogP contribution in [0.3, 0.4) is 0 Å². The summed E-state index contributed by atoms with van der Waals surface area (Å²) in [6, 6.07) is 5.52. The van der Waals surface area contributed by atoms with Crippen molar-refractivity contribution >= 4 is 0 Å². The molecule has 0 amide bonds. The minimum atomic E-state index is -0.145. The van der Waals surface area contributed by atoms with Crippen molar-refractivity contribution in [3.63, 3.8) is 0 Å². The van der Waals surface area contributed by atoms with E-state index >= 15 is 0 Å². The summed E-state index contributed by atoms with van der Waals surface area (Å²) in [5.74, 6) is 0.983. The molecule has 0 aliphatic carbocycles. The first kappa shape index (κ1) is 12.7. The largest absolute Gasteiger partial charge is 0.383 e. The van der Waals surface area contributed by atoms with Crippen LogP contribution in [0.4, 0.5) is 0 Å². The highest BCUT2D eigenvalue weighted by molar-refractivity contribution is 5.47. The van der Waals surface area contributed by atoms with Crippen LogP contribution in [0, 0.1) is 6.92 Å². The fourth-order valence-electron chi connectivity index (χ4n) is 1.61. The van der Waals surface area contributed by atoms with E-state index in [4.69, 9.17) is 15.0 Å². The van der Waals surface area contributed by atoms with Crippen molar-refractivity contribution in [2.45, 2.75) is 19.4 Å². The molecule has 2 aromatic heterocycles. The molecular weight excluding hydrogens is 232 g/mol. The molecule has 0 saturated heterocycles. The van der Waals surface area contributed by atoms with Gasteiger partial charge in [-0.2, -0.15) is 4.98 Å². The molecule has 1 unspecified atom stereocenters. The third-order valence-electron chi connectivity index (χ3n) is 2.40. The molecule has 0 saturated carbocycles. The fraction of sp³-hybridized carbons (Fsp3) is 0.417. The van der Waals surface area contributed by atoms with Gasteiger partial charge in [0.25, 0.3) is 0 Å². The van der Waals surface area contributed by atoms with Crippen molar-refractivity contribution in [2.24, 2.45) is 5.73 Å². The van der Waals surface area contributed by atoms with Crippen molar-refractivity contribution in [3.05, 3.63) is 29.8 Å². The van der Waals surface area contributed by atoms with E-state index in [1.54, 1.807) is 7.11 Å². The molecule has 1 atom stereocenters. The standard InChI is InChI=1S/C12H16N4O2/c1-8-4-3-5-10(14-8)12-15-11(18-16-12)6-9(13)7-17-2/h3-5,9H,6-7,13H2,1-2H3. The molecule has 2 rings (SSSR count). The Bertz CT molecular complexity index is 512. The van der Waals surface area contributed by atoms with Gasteiger partial charge in [0, 0.05) is 25.3 Å². The van der Waals surface area contributed by atoms with Crippen molar-refractivity contribution in [1.82, 2.24) is 15.1 Å². The molecule has 6 nitrogen and oxygen atoms in total. The summed E-state index contributed by atoms with van der Waals surface area (Å²) in [4.78, 5) is 8.60. The third-order valence-corrected chi connectivity index (χ3v) is 2.40. The topological polar surface area (TPSA) is 87.1 Å². The molecule has 18 heavy (non-hydrogen) atoms. The zero-order chi connectivity index (χ0) is 13.0. The first-order valence-electron chi connectivity index (χ1n) is 5.70. The maximum atomic E-state index is 5.82. The van der Waals surface area contributed by atoms with Crippen LogP contribution in [0.5, 0.6) is 0 Å². The molecule has 0 aromatic carbocycles. The molecule has 96 valence electrons. The summed E-state index contributed by atoms with van der Waals surface area (Å²) in [7, 11) is 1.61. The van der Waals surface area contributed by atoms with Gasteiger partial charge in [-0.3, -0.25) is 0 Å². The number of nitrogens with two attached hydrogens (primary N) is 1. The Hall–Kier alpha value is -1.79. The maximum Gasteiger partial charge on any atom is 0.228 e. The SMILES string of the molecule is COCC(N)Cc1nc(-c2cccc(C)n2)no1. The van der Waals surface area contributed by atoms with Crippen LogP contribution in [0.1, 0.15) is 11.6 Å². The third kappa shape index (κ3) is 3.12. The van der Waals surface area contributed by atoms with Crippen LogP contribution in [0.15, 0.2) is 22.7 Å². The minimum absolute atomic E-state index is 0.145. The fourth-order valence-corrected chi connectivity index (χ4v) is 1.61. The first-order valence-corrected chi connectivity index (χ1v) is 5.70. The Morgan fingerprint density at radius 2 is 2.22 bits per heavy atom. The number of rotatable bonds is 5. The minimum Gasteiger partial charge on any atom is -0.383 e. The second kappa shape index (κ2) is 5.70. The Kier molecular flexibility index (Phi) is 4.01. The van der Waals surface area contributed by atoms with Gasteiger partial charge < -0.3 is 15.0 Å². The van der Waals surface area contributed by atoms with Crippen LogP contribution in [-0.2, 0) is 11.2 Å². The lowest BCUT2D eigenvalue weighted by Crippen LogP contribution is -2.28. The monoisotopic (exact) mass is 248 g/mol. The number of hydrogen-bond acceptors (Lipinski definition) is 6. The summed E-state index contributed by atoms with van der Waals surface area (Å²) in [5.41, 5.74) is 7.43. The lowest BCUT2D eigenvalue weighted by atomic mass is 10.2. The smallest absolute Gasteiger partial charge is 0.228 e. The van der Waals surface area contributed by atoms with Crippen molar-refractivity contribution in [3.8, 4) is 11.5 Å². The summed E-state index contributed by atoms with van der Waals surface area (Å²) in [5, 5.41) is 3.90. The molecule has 0 bridgehead atoms. The second-order valence-corrected chi connectivity index (χ2v) is 4.10. The Balaban J connectivity index is 2.10. The summed E-state index contributed by atoms with van der Waals surface area (Å²) in [6.45, 7) is 2.37. The van der Waals surface area contributed by atoms with Crippen LogP contribution in [0.2, 0.25) is 0 Å². The van der Waals surface area contributed by atoms with E-state index in [9.17, 15) is 0 Å². The summed E-state index contributed by atoms with van der Waals surface area (Å²) >= 11 is 0. The molecule has 6 heteroatoms. The predicted molar refractivity (Wildman–Crippen MR) is 65.8 cm³/mol. The van der Waals surface area contributed by atoms with Gasteiger partial charge in [0.05, 0.1) is 6.61 Å². The second-order valence-electron chi connectivity index (χ2n) is 4.10. The van der Waals surface area contributed by atoms with Crippen LogP contribution in [0.25, 0.3) is 11.5 Å². The van der Waals surface area contributed by atoms with Gasteiger partial charge in [0.1, 0.15) is 5.69 Å². The first-order chi connectivity index (χ1) is 8.69. The van der Waals surface area contributed by atoms with Gasteiger partial charge in [0.2, 0.25) is 11.7 Å². The highest BCUT2D eigenvalue weighted by atomic mass is 16.5. The van der Waals surface area contributed by atoms with Crippen molar-refractivity contribution in [2.75, 3.05) is 13.7 Å². The normalized spacial score (nSPS) is 12.6. The number of nitrogens with zero attached hydrogens (tertiary/aromatic N) is 3. The van der Waals surface area contributed by atoms with Crippen molar-refractivity contribution < 1.29 is 9.26 Å². The van der Waals surface area contributed by atoms with E-state index in [1.807, 2.05) is 25.1 Å². The quantitative estimate of drug-likeness (QED) is 0.847. The van der Waals surface area contributed by atoms with E-state index in [1.165, 1.54) is 0 Å².